The minimum Gasteiger partial charge on any atom is -0.386 e. The van der Waals surface area contributed by atoms with Crippen molar-refractivity contribution in [3.63, 3.8) is 0 Å². The molecule has 1 saturated carbocycles. The van der Waals surface area contributed by atoms with Crippen LogP contribution in [0.2, 0.25) is 0 Å². The van der Waals surface area contributed by atoms with Crippen molar-refractivity contribution >= 4 is 11.6 Å². The van der Waals surface area contributed by atoms with Crippen molar-refractivity contribution in [2.24, 2.45) is 5.73 Å². The van der Waals surface area contributed by atoms with Crippen molar-refractivity contribution in [3.8, 4) is 11.3 Å². The number of pyridine rings is 1. The second kappa shape index (κ2) is 7.98. The number of nitrogens with two attached hydrogens (primary N) is 2. The Bertz CT molecular complexity index is 1190. The van der Waals surface area contributed by atoms with Crippen LogP contribution in [0.5, 0.6) is 0 Å². The molecular weight excluding hydrogens is 418 g/mol. The van der Waals surface area contributed by atoms with Crippen molar-refractivity contribution in [1.82, 2.24) is 15.0 Å². The second-order valence-electron chi connectivity index (χ2n) is 9.12. The Labute approximate surface area is 192 Å². The van der Waals surface area contributed by atoms with Gasteiger partial charge in [0.25, 0.3) is 0 Å². The van der Waals surface area contributed by atoms with Crippen molar-refractivity contribution in [2.75, 3.05) is 5.73 Å². The Kier molecular flexibility index (Phi) is 5.23. The lowest BCUT2D eigenvalue weighted by atomic mass is 9.80. The normalized spacial score (nSPS) is 25.7. The average molecular weight is 446 g/mol. The summed E-state index contributed by atoms with van der Waals surface area (Å²) < 4.78 is 6.36. The van der Waals surface area contributed by atoms with E-state index in [1.54, 1.807) is 25.5 Å². The first-order valence-electron chi connectivity index (χ1n) is 11.1. The van der Waals surface area contributed by atoms with Crippen LogP contribution in [0.3, 0.4) is 0 Å². The molecule has 1 saturated heterocycles. The number of Topliss-reactive ketones (excluding diaryl/α,β-unsaturated/α-hetero) is 1. The Morgan fingerprint density at radius 1 is 1.21 bits per heavy atom. The second-order valence-corrected chi connectivity index (χ2v) is 9.12. The molecule has 2 aromatic heterocycles. The SMILES string of the molecule is C[C@@]1(O)[C@H](N)C[C@@H](c2ccncc2CC(=O)c2nc(-c3ccccc3)cnc2N)OC12CC2. The zero-order valence-electron chi connectivity index (χ0n) is 18.4. The zero-order chi connectivity index (χ0) is 23.2. The Balaban J connectivity index is 1.42. The summed E-state index contributed by atoms with van der Waals surface area (Å²) in [7, 11) is 0. The molecular formula is C25H27N5O3. The van der Waals surface area contributed by atoms with Crippen molar-refractivity contribution in [2.45, 2.75) is 56.0 Å². The third-order valence-electron chi connectivity index (χ3n) is 6.96. The molecule has 33 heavy (non-hydrogen) atoms. The molecule has 2 aliphatic rings. The fourth-order valence-corrected chi connectivity index (χ4v) is 4.67. The first kappa shape index (κ1) is 21.6. The third kappa shape index (κ3) is 3.80. The Morgan fingerprint density at radius 2 is 1.97 bits per heavy atom. The molecule has 5 rings (SSSR count). The largest absolute Gasteiger partial charge is 0.386 e. The summed E-state index contributed by atoms with van der Waals surface area (Å²) in [5.41, 5.74) is 13.8. The zero-order valence-corrected chi connectivity index (χ0v) is 18.4. The minimum atomic E-state index is -1.07. The van der Waals surface area contributed by atoms with Gasteiger partial charge in [-0.3, -0.25) is 9.78 Å². The number of ether oxygens (including phenoxy) is 1. The first-order valence-corrected chi connectivity index (χ1v) is 11.1. The van der Waals surface area contributed by atoms with Gasteiger partial charge >= 0.3 is 0 Å². The van der Waals surface area contributed by atoms with Crippen LogP contribution in [0.15, 0.2) is 55.0 Å². The van der Waals surface area contributed by atoms with Gasteiger partial charge in [0.05, 0.1) is 23.6 Å². The summed E-state index contributed by atoms with van der Waals surface area (Å²) in [6.45, 7) is 1.75. The number of rotatable bonds is 5. The van der Waals surface area contributed by atoms with Crippen molar-refractivity contribution in [1.29, 1.82) is 0 Å². The summed E-state index contributed by atoms with van der Waals surface area (Å²) in [6, 6.07) is 10.9. The number of ketones is 1. The molecule has 170 valence electrons. The number of anilines is 1. The summed E-state index contributed by atoms with van der Waals surface area (Å²) in [4.78, 5) is 26.2. The van der Waals surface area contributed by atoms with Crippen LogP contribution >= 0.6 is 0 Å². The summed E-state index contributed by atoms with van der Waals surface area (Å²) >= 11 is 0. The van der Waals surface area contributed by atoms with Crippen LogP contribution in [-0.4, -0.2) is 43.1 Å². The fourth-order valence-electron chi connectivity index (χ4n) is 4.67. The molecule has 8 nitrogen and oxygen atoms in total. The highest BCUT2D eigenvalue weighted by Crippen LogP contribution is 2.56. The molecule has 1 aromatic carbocycles. The molecule has 5 N–H and O–H groups in total. The number of aliphatic hydroxyl groups is 1. The van der Waals surface area contributed by atoms with E-state index in [0.717, 1.165) is 29.5 Å². The quantitative estimate of drug-likeness (QED) is 0.510. The lowest BCUT2D eigenvalue weighted by Gasteiger charge is -2.46. The highest BCUT2D eigenvalue weighted by Gasteiger charge is 2.64. The predicted octanol–water partition coefficient (Wildman–Crippen LogP) is 2.62. The predicted molar refractivity (Wildman–Crippen MR) is 123 cm³/mol. The van der Waals surface area contributed by atoms with E-state index in [-0.39, 0.29) is 29.8 Å². The molecule has 0 bridgehead atoms. The van der Waals surface area contributed by atoms with Crippen molar-refractivity contribution in [3.05, 3.63) is 71.8 Å². The number of aromatic nitrogens is 3. The van der Waals surface area contributed by atoms with Crippen LogP contribution in [0, 0.1) is 0 Å². The number of carbonyl (C=O) groups is 1. The number of hydrogen-bond acceptors (Lipinski definition) is 8. The lowest BCUT2D eigenvalue weighted by molar-refractivity contribution is -0.196. The van der Waals surface area contributed by atoms with Gasteiger partial charge in [-0.15, -0.1) is 0 Å². The van der Waals surface area contributed by atoms with Crippen LogP contribution in [0.1, 0.15) is 53.9 Å². The molecule has 0 radical (unpaired) electrons. The number of benzene rings is 1. The maximum atomic E-state index is 13.2. The molecule has 3 heterocycles. The number of hydrogen-bond donors (Lipinski definition) is 3. The molecule has 3 aromatic rings. The molecule has 1 aliphatic heterocycles. The van der Waals surface area contributed by atoms with Gasteiger partial charge < -0.3 is 21.3 Å². The van der Waals surface area contributed by atoms with E-state index in [9.17, 15) is 9.90 Å². The van der Waals surface area contributed by atoms with Gasteiger partial charge in [0.2, 0.25) is 0 Å². The van der Waals surface area contributed by atoms with E-state index < -0.39 is 17.2 Å². The Hall–Kier alpha value is -3.20. The van der Waals surface area contributed by atoms with Gasteiger partial charge in [-0.25, -0.2) is 9.97 Å². The molecule has 3 atom stereocenters. The van der Waals surface area contributed by atoms with Crippen molar-refractivity contribution < 1.29 is 14.6 Å². The van der Waals surface area contributed by atoms with Crippen LogP contribution in [0.4, 0.5) is 5.82 Å². The highest BCUT2D eigenvalue weighted by molar-refractivity contribution is 5.99. The van der Waals surface area contributed by atoms with E-state index >= 15 is 0 Å². The third-order valence-corrected chi connectivity index (χ3v) is 6.96. The summed E-state index contributed by atoms with van der Waals surface area (Å²) in [5, 5.41) is 10.9. The van der Waals surface area contributed by atoms with Gasteiger partial charge in [0.15, 0.2) is 11.6 Å². The monoisotopic (exact) mass is 445 g/mol. The van der Waals surface area contributed by atoms with Gasteiger partial charge in [0.1, 0.15) is 11.3 Å². The van der Waals surface area contributed by atoms with E-state index in [4.69, 9.17) is 16.2 Å². The number of nitrogens with zero attached hydrogens (tertiary/aromatic N) is 3. The van der Waals surface area contributed by atoms with Crippen LogP contribution in [0.25, 0.3) is 11.3 Å². The van der Waals surface area contributed by atoms with E-state index in [2.05, 4.69) is 15.0 Å². The minimum absolute atomic E-state index is 0.0544. The van der Waals surface area contributed by atoms with Gasteiger partial charge in [-0.2, -0.15) is 0 Å². The molecule has 1 spiro atoms. The maximum Gasteiger partial charge on any atom is 0.189 e. The molecule has 8 heteroatoms. The van der Waals surface area contributed by atoms with E-state index in [0.29, 0.717) is 12.1 Å². The lowest BCUT2D eigenvalue weighted by Crippen LogP contribution is -2.60. The molecule has 2 fully saturated rings. The van der Waals surface area contributed by atoms with Gasteiger partial charge in [-0.1, -0.05) is 30.3 Å². The number of nitrogen functional groups attached to an aromatic ring is 1. The average Bonchev–Trinajstić information content (AvgIpc) is 3.60. The molecule has 0 unspecified atom stereocenters. The fraction of sp³-hybridized carbons (Fsp3) is 0.360. The maximum absolute atomic E-state index is 13.2. The summed E-state index contributed by atoms with van der Waals surface area (Å²) in [6.07, 6.45) is 6.62. The van der Waals surface area contributed by atoms with Crippen LogP contribution < -0.4 is 11.5 Å². The van der Waals surface area contributed by atoms with E-state index in [1.807, 2.05) is 36.4 Å². The topological polar surface area (TPSA) is 137 Å². The first-order chi connectivity index (χ1) is 15.8. The highest BCUT2D eigenvalue weighted by atomic mass is 16.5. The Morgan fingerprint density at radius 3 is 2.70 bits per heavy atom. The molecule has 0 amide bonds. The molecule has 1 aliphatic carbocycles. The van der Waals surface area contributed by atoms with Crippen LogP contribution in [-0.2, 0) is 11.2 Å². The number of carbonyl (C=O) groups excluding carboxylic acids is 1. The summed E-state index contributed by atoms with van der Waals surface area (Å²) in [5.74, 6) is -0.158. The standard InChI is InChI=1S/C25H27N5O3/c1-24(32)21(26)12-20(33-25(24)8-9-25)17-7-10-28-13-16(17)11-19(31)22-23(27)29-14-18(30-22)15-5-3-2-4-6-15/h2-7,10,13-14,20-21,32H,8-9,11-12,26H2,1H3,(H2,27,29)/t20-,21+,24+/m0/s1. The van der Waals surface area contributed by atoms with E-state index in [1.165, 1.54) is 0 Å². The smallest absolute Gasteiger partial charge is 0.189 e. The van der Waals surface area contributed by atoms with Gasteiger partial charge in [0, 0.05) is 30.4 Å². The van der Waals surface area contributed by atoms with Gasteiger partial charge in [-0.05, 0) is 43.4 Å².